The number of halogens is 5. The first-order chi connectivity index (χ1) is 14.8. The van der Waals surface area contributed by atoms with Crippen molar-refractivity contribution in [3.63, 3.8) is 0 Å². The van der Waals surface area contributed by atoms with Crippen molar-refractivity contribution in [2.75, 3.05) is 11.5 Å². The molecule has 174 valence electrons. The van der Waals surface area contributed by atoms with Gasteiger partial charge in [-0.05, 0) is 117 Å². The van der Waals surface area contributed by atoms with Crippen LogP contribution in [0.15, 0.2) is 24.3 Å². The molecule has 0 N–H and O–H groups in total. The van der Waals surface area contributed by atoms with Crippen molar-refractivity contribution < 1.29 is 17.6 Å². The first kappa shape index (κ1) is 25.3. The molecule has 1 aliphatic heterocycles. The van der Waals surface area contributed by atoms with Gasteiger partial charge < -0.3 is 0 Å². The Morgan fingerprint density at radius 2 is 1.58 bits per heavy atom. The van der Waals surface area contributed by atoms with Crippen molar-refractivity contribution >= 4 is 35.1 Å². The molecule has 0 aromatic heterocycles. The van der Waals surface area contributed by atoms with Crippen molar-refractivity contribution in [1.82, 2.24) is 0 Å². The number of allylic oxidation sites excluding steroid dienone is 2. The van der Waals surface area contributed by atoms with Crippen LogP contribution in [-0.2, 0) is 5.38 Å². The summed E-state index contributed by atoms with van der Waals surface area (Å²) >= 11 is 9.05. The van der Waals surface area contributed by atoms with Crippen molar-refractivity contribution in [3.05, 3.63) is 47.0 Å². The lowest BCUT2D eigenvalue weighted by Crippen LogP contribution is -2.19. The standard InChI is InChI=1S/C24H31ClF4S2/c1-2-3-4-5-17-14-30-22(31-15-17)11-8-16-6-9-18(10-7-16)19-12-20(26)23(21(27)13-19)24(25,28)29/h2-3,12-13,16-18,22H,4-11,14-15H2,1H3. The van der Waals surface area contributed by atoms with Crippen LogP contribution in [0.4, 0.5) is 17.6 Å². The molecular weight excluding hydrogens is 464 g/mol. The minimum absolute atomic E-state index is 0.0228. The van der Waals surface area contributed by atoms with Crippen molar-refractivity contribution in [3.8, 4) is 0 Å². The fourth-order valence-corrected chi connectivity index (χ4v) is 8.00. The quantitative estimate of drug-likeness (QED) is 0.201. The Bertz CT molecular complexity index is 711. The molecule has 0 amide bonds. The predicted molar refractivity (Wildman–Crippen MR) is 126 cm³/mol. The van der Waals surface area contributed by atoms with E-state index in [1.54, 1.807) is 0 Å². The maximum absolute atomic E-state index is 14.1. The molecule has 0 spiro atoms. The van der Waals surface area contributed by atoms with Gasteiger partial charge in [-0.3, -0.25) is 0 Å². The molecule has 1 saturated carbocycles. The number of hydrogen-bond acceptors (Lipinski definition) is 2. The summed E-state index contributed by atoms with van der Waals surface area (Å²) in [5.74, 6) is 1.50. The Labute approximate surface area is 197 Å². The van der Waals surface area contributed by atoms with Crippen LogP contribution in [0.5, 0.6) is 0 Å². The van der Waals surface area contributed by atoms with Crippen LogP contribution in [0.3, 0.4) is 0 Å². The van der Waals surface area contributed by atoms with Gasteiger partial charge in [-0.1, -0.05) is 12.2 Å². The van der Waals surface area contributed by atoms with Crippen LogP contribution in [0.1, 0.15) is 75.3 Å². The van der Waals surface area contributed by atoms with Gasteiger partial charge in [0, 0.05) is 0 Å². The van der Waals surface area contributed by atoms with E-state index in [-0.39, 0.29) is 5.92 Å². The van der Waals surface area contributed by atoms with E-state index in [0.29, 0.717) is 16.1 Å². The molecule has 0 radical (unpaired) electrons. The Kier molecular flexibility index (Phi) is 9.54. The number of rotatable bonds is 8. The van der Waals surface area contributed by atoms with E-state index in [1.807, 2.05) is 0 Å². The third-order valence-corrected chi connectivity index (χ3v) is 10.0. The zero-order chi connectivity index (χ0) is 22.4. The fraction of sp³-hybridized carbons (Fsp3) is 0.667. The van der Waals surface area contributed by atoms with Crippen LogP contribution in [0, 0.1) is 23.5 Å². The third-order valence-electron chi connectivity index (χ3n) is 6.49. The van der Waals surface area contributed by atoms with E-state index in [2.05, 4.69) is 42.6 Å². The van der Waals surface area contributed by atoms with Gasteiger partial charge in [-0.25, -0.2) is 8.78 Å². The van der Waals surface area contributed by atoms with E-state index >= 15 is 0 Å². The lowest BCUT2D eigenvalue weighted by atomic mass is 9.77. The highest BCUT2D eigenvalue weighted by Crippen LogP contribution is 2.43. The van der Waals surface area contributed by atoms with Crippen molar-refractivity contribution in [1.29, 1.82) is 0 Å². The summed E-state index contributed by atoms with van der Waals surface area (Å²) in [6.07, 6.45) is 13.0. The minimum Gasteiger partial charge on any atom is -0.206 e. The second-order valence-corrected chi connectivity index (χ2v) is 12.0. The predicted octanol–water partition coefficient (Wildman–Crippen LogP) is 9.09. The summed E-state index contributed by atoms with van der Waals surface area (Å²) in [5, 5.41) is -4.04. The molecule has 0 unspecified atom stereocenters. The number of benzene rings is 1. The average molecular weight is 495 g/mol. The first-order valence-corrected chi connectivity index (χ1v) is 13.7. The second-order valence-electron chi connectivity index (χ2n) is 8.76. The molecule has 1 heterocycles. The van der Waals surface area contributed by atoms with Crippen molar-refractivity contribution in [2.45, 2.75) is 74.2 Å². The van der Waals surface area contributed by atoms with Gasteiger partial charge >= 0.3 is 5.38 Å². The maximum atomic E-state index is 14.1. The van der Waals surface area contributed by atoms with Gasteiger partial charge in [0.05, 0.1) is 4.58 Å². The topological polar surface area (TPSA) is 0 Å². The Morgan fingerprint density at radius 3 is 2.13 bits per heavy atom. The molecular formula is C24H31ClF4S2. The summed E-state index contributed by atoms with van der Waals surface area (Å²) in [6.45, 7) is 2.07. The molecule has 0 atom stereocenters. The van der Waals surface area contributed by atoms with Crippen LogP contribution >= 0.6 is 35.1 Å². The van der Waals surface area contributed by atoms with Crippen molar-refractivity contribution in [2.24, 2.45) is 11.8 Å². The molecule has 31 heavy (non-hydrogen) atoms. The highest BCUT2D eigenvalue weighted by atomic mass is 35.5. The second kappa shape index (κ2) is 11.7. The lowest BCUT2D eigenvalue weighted by molar-refractivity contribution is 0.0857. The molecule has 2 fully saturated rings. The molecule has 0 nitrogen and oxygen atoms in total. The van der Waals surface area contributed by atoms with Gasteiger partial charge in [0.1, 0.15) is 17.2 Å². The van der Waals surface area contributed by atoms with Gasteiger partial charge in [-0.15, -0.1) is 23.5 Å². The van der Waals surface area contributed by atoms with E-state index in [1.165, 1.54) is 37.2 Å². The molecule has 1 aliphatic carbocycles. The molecule has 3 rings (SSSR count). The smallest absolute Gasteiger partial charge is 0.206 e. The van der Waals surface area contributed by atoms with Crippen LogP contribution < -0.4 is 0 Å². The fourth-order valence-electron chi connectivity index (χ4n) is 4.67. The van der Waals surface area contributed by atoms with Gasteiger partial charge in [0.25, 0.3) is 0 Å². The highest BCUT2D eigenvalue weighted by molar-refractivity contribution is 8.17. The van der Waals surface area contributed by atoms with Crippen LogP contribution in [0.25, 0.3) is 0 Å². The van der Waals surface area contributed by atoms with Crippen LogP contribution in [0.2, 0.25) is 0 Å². The average Bonchev–Trinajstić information content (AvgIpc) is 2.72. The molecule has 2 aliphatic rings. The summed E-state index contributed by atoms with van der Waals surface area (Å²) in [4.78, 5) is 0. The zero-order valence-corrected chi connectivity index (χ0v) is 20.3. The first-order valence-electron chi connectivity index (χ1n) is 11.2. The maximum Gasteiger partial charge on any atom is 0.353 e. The lowest BCUT2D eigenvalue weighted by Gasteiger charge is -2.32. The summed E-state index contributed by atoms with van der Waals surface area (Å²) in [5.41, 5.74) is -0.876. The Balaban J connectivity index is 1.42. The summed E-state index contributed by atoms with van der Waals surface area (Å²) < 4.78 is 55.2. The molecule has 1 aromatic rings. The van der Waals surface area contributed by atoms with Gasteiger partial charge in [0.15, 0.2) is 0 Å². The largest absolute Gasteiger partial charge is 0.353 e. The van der Waals surface area contributed by atoms with E-state index in [4.69, 9.17) is 11.6 Å². The number of thioether (sulfide) groups is 2. The zero-order valence-electron chi connectivity index (χ0n) is 17.9. The summed E-state index contributed by atoms with van der Waals surface area (Å²) in [6, 6.07) is 2.09. The van der Waals surface area contributed by atoms with E-state index < -0.39 is 22.6 Å². The third kappa shape index (κ3) is 7.33. The van der Waals surface area contributed by atoms with Gasteiger partial charge in [-0.2, -0.15) is 8.78 Å². The van der Waals surface area contributed by atoms with E-state index in [9.17, 15) is 17.6 Å². The van der Waals surface area contributed by atoms with Crippen LogP contribution in [-0.4, -0.2) is 16.1 Å². The highest BCUT2D eigenvalue weighted by Gasteiger charge is 2.36. The van der Waals surface area contributed by atoms with Gasteiger partial charge in [0.2, 0.25) is 0 Å². The summed E-state index contributed by atoms with van der Waals surface area (Å²) in [7, 11) is 0. The number of alkyl halides is 3. The normalized spacial score (nSPS) is 27.7. The SMILES string of the molecule is CC=CCCC1CSC(CCC2CCC(c3cc(F)c(C(F)(F)Cl)c(F)c3)CC2)SC1. The number of hydrogen-bond donors (Lipinski definition) is 0. The molecule has 7 heteroatoms. The Morgan fingerprint density at radius 1 is 0.968 bits per heavy atom. The Hall–Kier alpha value is -0.330. The molecule has 0 bridgehead atoms. The molecule has 1 saturated heterocycles. The minimum atomic E-state index is -4.04. The van der Waals surface area contributed by atoms with E-state index in [0.717, 1.165) is 43.7 Å². The molecule has 1 aromatic carbocycles. The monoisotopic (exact) mass is 494 g/mol.